The summed E-state index contributed by atoms with van der Waals surface area (Å²) >= 11 is 0. The molecule has 0 radical (unpaired) electrons. The second kappa shape index (κ2) is 8.89. The van der Waals surface area contributed by atoms with Gasteiger partial charge in [-0.05, 0) is 61.8 Å². The van der Waals surface area contributed by atoms with Gasteiger partial charge in [-0.3, -0.25) is 0 Å². The first-order valence-corrected chi connectivity index (χ1v) is 10.0. The molecular weight excluding hydrogens is 322 g/mol. The van der Waals surface area contributed by atoms with Crippen molar-refractivity contribution in [2.75, 3.05) is 18.0 Å². The van der Waals surface area contributed by atoms with Gasteiger partial charge in [0.05, 0.1) is 11.8 Å². The van der Waals surface area contributed by atoms with E-state index in [9.17, 15) is 5.26 Å². The third kappa shape index (κ3) is 3.77. The first-order valence-electron chi connectivity index (χ1n) is 10.0. The molecule has 0 bridgehead atoms. The Balaban J connectivity index is 2.13. The molecule has 3 rings (SSSR count). The Hall–Kier alpha value is -2.28. The van der Waals surface area contributed by atoms with Gasteiger partial charge in [-0.15, -0.1) is 0 Å². The van der Waals surface area contributed by atoms with Gasteiger partial charge in [0.2, 0.25) is 0 Å². The summed E-state index contributed by atoms with van der Waals surface area (Å²) in [7, 11) is 0. The fourth-order valence-corrected chi connectivity index (χ4v) is 3.79. The average Bonchev–Trinajstić information content (AvgIpc) is 3.21. The highest BCUT2D eigenvalue weighted by Gasteiger charge is 2.26. The molecule has 0 saturated carbocycles. The number of hydrogen-bond donors (Lipinski definition) is 0. The van der Waals surface area contributed by atoms with E-state index in [0.717, 1.165) is 87.3 Å². The standard InChI is InChI=1S/C22H29N3O/c1-3-5-13-25(14-6-4-2)22-19(16-23)17-10-7-8-11-18(17)21(24-22)20-12-9-15-26-20/h9,12,15H,3-8,10-11,13-14H2,1-2H3. The van der Waals surface area contributed by atoms with Crippen molar-refractivity contribution in [3.05, 3.63) is 35.1 Å². The Bertz CT molecular complexity index is 751. The zero-order valence-electron chi connectivity index (χ0n) is 16.1. The van der Waals surface area contributed by atoms with E-state index in [2.05, 4.69) is 24.8 Å². The van der Waals surface area contributed by atoms with E-state index in [-0.39, 0.29) is 0 Å². The van der Waals surface area contributed by atoms with E-state index in [1.54, 1.807) is 6.26 Å². The molecule has 0 N–H and O–H groups in total. The Morgan fingerprint density at radius 3 is 2.38 bits per heavy atom. The van der Waals surface area contributed by atoms with E-state index in [1.165, 1.54) is 11.1 Å². The molecule has 4 nitrogen and oxygen atoms in total. The lowest BCUT2D eigenvalue weighted by molar-refractivity contribution is 0.576. The van der Waals surface area contributed by atoms with E-state index in [1.807, 2.05) is 12.1 Å². The van der Waals surface area contributed by atoms with Crippen LogP contribution < -0.4 is 4.90 Å². The maximum atomic E-state index is 9.96. The Morgan fingerprint density at radius 2 is 1.81 bits per heavy atom. The fraction of sp³-hybridized carbons (Fsp3) is 0.545. The number of fused-ring (bicyclic) bond motifs is 1. The molecule has 2 aromatic heterocycles. The molecule has 0 amide bonds. The molecule has 0 atom stereocenters. The minimum atomic E-state index is 0.794. The summed E-state index contributed by atoms with van der Waals surface area (Å²) in [5.41, 5.74) is 4.16. The van der Waals surface area contributed by atoms with Crippen LogP contribution in [-0.2, 0) is 12.8 Å². The van der Waals surface area contributed by atoms with Crippen molar-refractivity contribution < 1.29 is 4.42 Å². The second-order valence-electron chi connectivity index (χ2n) is 7.11. The number of rotatable bonds is 8. The van der Waals surface area contributed by atoms with E-state index >= 15 is 0 Å². The first kappa shape index (κ1) is 18.5. The van der Waals surface area contributed by atoms with Gasteiger partial charge in [0, 0.05) is 13.1 Å². The van der Waals surface area contributed by atoms with Crippen LogP contribution in [0.25, 0.3) is 11.5 Å². The lowest BCUT2D eigenvalue weighted by Crippen LogP contribution is -2.28. The third-order valence-electron chi connectivity index (χ3n) is 5.23. The van der Waals surface area contributed by atoms with Crippen LogP contribution in [0.2, 0.25) is 0 Å². The molecular formula is C22H29N3O. The molecule has 1 aliphatic rings. The number of hydrogen-bond acceptors (Lipinski definition) is 4. The molecule has 2 heterocycles. The minimum Gasteiger partial charge on any atom is -0.463 e. The first-order chi connectivity index (χ1) is 12.8. The number of nitrogens with zero attached hydrogens (tertiary/aromatic N) is 3. The maximum Gasteiger partial charge on any atom is 0.152 e. The molecule has 0 fully saturated rings. The smallest absolute Gasteiger partial charge is 0.152 e. The van der Waals surface area contributed by atoms with Crippen LogP contribution in [0.1, 0.15) is 69.1 Å². The lowest BCUT2D eigenvalue weighted by atomic mass is 9.87. The summed E-state index contributed by atoms with van der Waals surface area (Å²) < 4.78 is 5.69. The minimum absolute atomic E-state index is 0.794. The average molecular weight is 351 g/mol. The van der Waals surface area contributed by atoms with Crippen LogP contribution in [0.4, 0.5) is 5.82 Å². The third-order valence-corrected chi connectivity index (χ3v) is 5.23. The van der Waals surface area contributed by atoms with Crippen LogP contribution in [0.15, 0.2) is 22.8 Å². The number of unbranched alkanes of at least 4 members (excludes halogenated alkanes) is 2. The Kier molecular flexibility index (Phi) is 6.33. The Morgan fingerprint density at radius 1 is 1.12 bits per heavy atom. The summed E-state index contributed by atoms with van der Waals surface area (Å²) in [6.45, 7) is 6.32. The van der Waals surface area contributed by atoms with Gasteiger partial charge in [-0.25, -0.2) is 4.98 Å². The molecule has 138 valence electrons. The van der Waals surface area contributed by atoms with E-state index in [4.69, 9.17) is 9.40 Å². The van der Waals surface area contributed by atoms with Crippen molar-refractivity contribution in [2.45, 2.75) is 65.2 Å². The van der Waals surface area contributed by atoms with Crippen LogP contribution in [0.3, 0.4) is 0 Å². The SMILES string of the molecule is CCCCN(CCCC)c1nc(-c2ccco2)c2c(c1C#N)CCCC2. The van der Waals surface area contributed by atoms with Crippen molar-refractivity contribution in [3.63, 3.8) is 0 Å². The summed E-state index contributed by atoms with van der Waals surface area (Å²) in [6, 6.07) is 6.39. The van der Waals surface area contributed by atoms with Gasteiger partial charge in [0.15, 0.2) is 5.76 Å². The molecule has 0 spiro atoms. The van der Waals surface area contributed by atoms with Gasteiger partial charge in [0.25, 0.3) is 0 Å². The number of aromatic nitrogens is 1. The number of pyridine rings is 1. The molecule has 0 unspecified atom stereocenters. The van der Waals surface area contributed by atoms with Crippen molar-refractivity contribution in [1.29, 1.82) is 5.26 Å². The number of anilines is 1. The largest absolute Gasteiger partial charge is 0.463 e. The van der Waals surface area contributed by atoms with Gasteiger partial charge in [-0.1, -0.05) is 26.7 Å². The summed E-state index contributed by atoms with van der Waals surface area (Å²) in [6.07, 6.45) is 10.5. The van der Waals surface area contributed by atoms with Crippen molar-refractivity contribution in [3.8, 4) is 17.5 Å². The zero-order valence-corrected chi connectivity index (χ0v) is 16.1. The topological polar surface area (TPSA) is 53.1 Å². The molecule has 4 heteroatoms. The number of nitriles is 1. The van der Waals surface area contributed by atoms with Gasteiger partial charge in [0.1, 0.15) is 17.6 Å². The van der Waals surface area contributed by atoms with Gasteiger partial charge in [-0.2, -0.15) is 5.26 Å². The molecule has 26 heavy (non-hydrogen) atoms. The predicted octanol–water partition coefficient (Wildman–Crippen LogP) is 5.50. The van der Waals surface area contributed by atoms with Gasteiger partial charge >= 0.3 is 0 Å². The van der Waals surface area contributed by atoms with Crippen LogP contribution in [0.5, 0.6) is 0 Å². The predicted molar refractivity (Wildman–Crippen MR) is 105 cm³/mol. The van der Waals surface area contributed by atoms with Crippen LogP contribution >= 0.6 is 0 Å². The molecule has 0 aliphatic heterocycles. The highest BCUT2D eigenvalue weighted by molar-refractivity contribution is 5.70. The van der Waals surface area contributed by atoms with Crippen molar-refractivity contribution >= 4 is 5.82 Å². The molecule has 0 saturated heterocycles. The maximum absolute atomic E-state index is 9.96. The molecule has 2 aromatic rings. The summed E-state index contributed by atoms with van der Waals surface area (Å²) in [5, 5.41) is 9.96. The Labute approximate surface area is 156 Å². The van der Waals surface area contributed by atoms with E-state index in [0.29, 0.717) is 0 Å². The zero-order chi connectivity index (χ0) is 18.4. The lowest BCUT2D eigenvalue weighted by Gasteiger charge is -2.28. The molecule has 1 aliphatic carbocycles. The van der Waals surface area contributed by atoms with E-state index < -0.39 is 0 Å². The highest BCUT2D eigenvalue weighted by Crippen LogP contribution is 2.36. The number of furan rings is 1. The fourth-order valence-electron chi connectivity index (χ4n) is 3.79. The van der Waals surface area contributed by atoms with Crippen LogP contribution in [0, 0.1) is 11.3 Å². The monoisotopic (exact) mass is 351 g/mol. The summed E-state index contributed by atoms with van der Waals surface area (Å²) in [5.74, 6) is 1.68. The highest BCUT2D eigenvalue weighted by atomic mass is 16.3. The van der Waals surface area contributed by atoms with Crippen molar-refractivity contribution in [2.24, 2.45) is 0 Å². The van der Waals surface area contributed by atoms with Crippen LogP contribution in [-0.4, -0.2) is 18.1 Å². The summed E-state index contributed by atoms with van der Waals surface area (Å²) in [4.78, 5) is 7.34. The normalized spacial score (nSPS) is 13.3. The molecule has 0 aromatic carbocycles. The second-order valence-corrected chi connectivity index (χ2v) is 7.11. The van der Waals surface area contributed by atoms with Crippen molar-refractivity contribution in [1.82, 2.24) is 4.98 Å². The van der Waals surface area contributed by atoms with Gasteiger partial charge < -0.3 is 9.32 Å². The quantitative estimate of drug-likeness (QED) is 0.630.